The lowest BCUT2D eigenvalue weighted by molar-refractivity contribution is 0.454. The number of H-pyrrole nitrogens is 1. The Kier molecular flexibility index (Phi) is 4.52. The van der Waals surface area contributed by atoms with Crippen molar-refractivity contribution in [2.75, 3.05) is 30.8 Å². The number of piperidine rings is 1. The number of aryl methyl sites for hydroxylation is 1. The van der Waals surface area contributed by atoms with Crippen LogP contribution in [-0.2, 0) is 6.42 Å². The zero-order valence-corrected chi connectivity index (χ0v) is 12.4. The zero-order chi connectivity index (χ0) is 13.9. The Balaban J connectivity index is 2.13. The van der Waals surface area contributed by atoms with Gasteiger partial charge < -0.3 is 15.6 Å². The van der Waals surface area contributed by atoms with Crippen LogP contribution in [-0.4, -0.2) is 40.6 Å². The third-order valence-corrected chi connectivity index (χ3v) is 5.36. The molecule has 1 fully saturated rings. The van der Waals surface area contributed by atoms with E-state index in [1.807, 2.05) is 18.7 Å². The summed E-state index contributed by atoms with van der Waals surface area (Å²) in [5.74, 6) is 1.55. The third-order valence-electron chi connectivity index (χ3n) is 3.92. The fourth-order valence-electron chi connectivity index (χ4n) is 2.46. The molecule has 106 valence electrons. The smallest absolute Gasteiger partial charge is 0.252 e. The summed E-state index contributed by atoms with van der Waals surface area (Å²) in [4.78, 5) is 21.1. The summed E-state index contributed by atoms with van der Waals surface area (Å²) >= 11 is 1.86. The summed E-state index contributed by atoms with van der Waals surface area (Å²) in [5.41, 5.74) is 5.83. The van der Waals surface area contributed by atoms with Gasteiger partial charge in [0.15, 0.2) is 0 Å². The lowest BCUT2D eigenvalue weighted by Gasteiger charge is -2.40. The van der Waals surface area contributed by atoms with Gasteiger partial charge in [-0.25, -0.2) is 4.98 Å². The number of anilines is 1. The van der Waals surface area contributed by atoms with Crippen LogP contribution in [0.5, 0.6) is 0 Å². The lowest BCUT2D eigenvalue weighted by Crippen LogP contribution is -2.47. The normalized spacial score (nSPS) is 18.6. The number of thioether (sulfide) groups is 1. The lowest BCUT2D eigenvalue weighted by atomic mass is 9.96. The molecular formula is C13H22N4OS. The van der Waals surface area contributed by atoms with Crippen molar-refractivity contribution in [3.05, 3.63) is 22.2 Å². The molecule has 0 saturated carbocycles. The van der Waals surface area contributed by atoms with E-state index in [1.165, 1.54) is 0 Å². The number of nitrogens with one attached hydrogen (secondary N) is 1. The molecule has 1 aliphatic heterocycles. The Morgan fingerprint density at radius 1 is 1.53 bits per heavy atom. The summed E-state index contributed by atoms with van der Waals surface area (Å²) in [5, 5.41) is 0. The predicted octanol–water partition coefficient (Wildman–Crippen LogP) is 0.993. The minimum absolute atomic E-state index is 0.0672. The van der Waals surface area contributed by atoms with Gasteiger partial charge in [0.05, 0.1) is 0 Å². The molecule has 1 saturated heterocycles. The van der Waals surface area contributed by atoms with E-state index >= 15 is 0 Å². The third kappa shape index (κ3) is 3.12. The molecule has 0 atom stereocenters. The van der Waals surface area contributed by atoms with Gasteiger partial charge in [0, 0.05) is 36.9 Å². The number of rotatable bonds is 4. The maximum atomic E-state index is 11.6. The van der Waals surface area contributed by atoms with Crippen molar-refractivity contribution in [3.8, 4) is 0 Å². The van der Waals surface area contributed by atoms with Crippen molar-refractivity contribution >= 4 is 17.6 Å². The van der Waals surface area contributed by atoms with Crippen LogP contribution in [0.4, 0.5) is 5.82 Å². The van der Waals surface area contributed by atoms with Gasteiger partial charge in [-0.05, 0) is 19.1 Å². The first-order valence-corrected chi connectivity index (χ1v) is 7.95. The van der Waals surface area contributed by atoms with E-state index in [9.17, 15) is 4.79 Å². The van der Waals surface area contributed by atoms with Crippen molar-refractivity contribution < 1.29 is 0 Å². The SMILES string of the molecule is CCc1nc(N2CCC(CN)(SC)CC2)cc(=O)[nH]1. The van der Waals surface area contributed by atoms with Gasteiger partial charge in [0.25, 0.3) is 5.56 Å². The van der Waals surface area contributed by atoms with Crippen LogP contribution >= 0.6 is 11.8 Å². The highest BCUT2D eigenvalue weighted by molar-refractivity contribution is 8.00. The highest BCUT2D eigenvalue weighted by atomic mass is 32.2. The molecule has 0 aromatic carbocycles. The van der Waals surface area contributed by atoms with Gasteiger partial charge in [-0.1, -0.05) is 6.92 Å². The Labute approximate surface area is 118 Å². The van der Waals surface area contributed by atoms with Gasteiger partial charge >= 0.3 is 0 Å². The molecular weight excluding hydrogens is 260 g/mol. The summed E-state index contributed by atoms with van der Waals surface area (Å²) in [6.07, 6.45) is 4.96. The number of nitrogens with two attached hydrogens (primary N) is 1. The van der Waals surface area contributed by atoms with Crippen LogP contribution in [0.15, 0.2) is 10.9 Å². The molecule has 0 amide bonds. The van der Waals surface area contributed by atoms with Crippen LogP contribution in [0, 0.1) is 0 Å². The van der Waals surface area contributed by atoms with Gasteiger partial charge in [0.2, 0.25) is 0 Å². The van der Waals surface area contributed by atoms with Gasteiger partial charge in [-0.2, -0.15) is 11.8 Å². The van der Waals surface area contributed by atoms with E-state index in [4.69, 9.17) is 5.73 Å². The Hall–Kier alpha value is -1.01. The number of aromatic nitrogens is 2. The first-order valence-electron chi connectivity index (χ1n) is 6.73. The average Bonchev–Trinajstić information content (AvgIpc) is 2.46. The average molecular weight is 282 g/mol. The minimum Gasteiger partial charge on any atom is -0.356 e. The molecule has 19 heavy (non-hydrogen) atoms. The monoisotopic (exact) mass is 282 g/mol. The number of aromatic amines is 1. The fraction of sp³-hybridized carbons (Fsp3) is 0.692. The van der Waals surface area contributed by atoms with Crippen molar-refractivity contribution in [2.24, 2.45) is 5.73 Å². The van der Waals surface area contributed by atoms with Crippen LogP contribution in [0.25, 0.3) is 0 Å². The Bertz CT molecular complexity index is 474. The first-order chi connectivity index (χ1) is 9.12. The summed E-state index contributed by atoms with van der Waals surface area (Å²) in [6, 6.07) is 1.59. The quantitative estimate of drug-likeness (QED) is 0.861. The molecule has 0 bridgehead atoms. The highest BCUT2D eigenvalue weighted by Gasteiger charge is 2.33. The van der Waals surface area contributed by atoms with Crippen LogP contribution in [0.3, 0.4) is 0 Å². The van der Waals surface area contributed by atoms with Crippen molar-refractivity contribution in [1.82, 2.24) is 9.97 Å². The summed E-state index contributed by atoms with van der Waals surface area (Å²) in [6.45, 7) is 4.53. The first kappa shape index (κ1) is 14.4. The second kappa shape index (κ2) is 5.96. The molecule has 2 rings (SSSR count). The highest BCUT2D eigenvalue weighted by Crippen LogP contribution is 2.34. The van der Waals surface area contributed by atoms with E-state index in [0.29, 0.717) is 6.54 Å². The molecule has 0 unspecified atom stereocenters. The molecule has 1 aliphatic rings. The molecule has 0 aliphatic carbocycles. The second-order valence-electron chi connectivity index (χ2n) is 4.98. The van der Waals surface area contributed by atoms with Crippen molar-refractivity contribution in [2.45, 2.75) is 30.9 Å². The molecule has 6 heteroatoms. The Morgan fingerprint density at radius 2 is 2.21 bits per heavy atom. The van der Waals surface area contributed by atoms with Gasteiger partial charge in [-0.15, -0.1) is 0 Å². The number of hydrogen-bond donors (Lipinski definition) is 2. The van der Waals surface area contributed by atoms with Gasteiger partial charge in [0.1, 0.15) is 11.6 Å². The summed E-state index contributed by atoms with van der Waals surface area (Å²) < 4.78 is 0.200. The van der Waals surface area contributed by atoms with Crippen molar-refractivity contribution in [3.63, 3.8) is 0 Å². The topological polar surface area (TPSA) is 75.0 Å². The van der Waals surface area contributed by atoms with E-state index in [-0.39, 0.29) is 10.3 Å². The molecule has 1 aromatic heterocycles. The van der Waals surface area contributed by atoms with Crippen LogP contribution in [0.2, 0.25) is 0 Å². The van der Waals surface area contributed by atoms with E-state index < -0.39 is 0 Å². The second-order valence-corrected chi connectivity index (χ2v) is 6.26. The van der Waals surface area contributed by atoms with Gasteiger partial charge in [-0.3, -0.25) is 4.79 Å². The summed E-state index contributed by atoms with van der Waals surface area (Å²) in [7, 11) is 0. The van der Waals surface area contributed by atoms with Crippen LogP contribution in [0.1, 0.15) is 25.6 Å². The van der Waals surface area contributed by atoms with Crippen LogP contribution < -0.4 is 16.2 Å². The minimum atomic E-state index is -0.0672. The Morgan fingerprint density at radius 3 is 2.74 bits per heavy atom. The standard InChI is InChI=1S/C13H22N4OS/c1-3-10-15-11(8-12(18)16-10)17-6-4-13(9-14,19-2)5-7-17/h8H,3-7,9,14H2,1-2H3,(H,15,16,18). The van der Waals surface area contributed by atoms with E-state index in [2.05, 4.69) is 21.1 Å². The molecule has 5 nitrogen and oxygen atoms in total. The molecule has 0 radical (unpaired) electrons. The maximum absolute atomic E-state index is 11.6. The number of nitrogens with zero attached hydrogens (tertiary/aromatic N) is 2. The molecule has 2 heterocycles. The molecule has 0 spiro atoms. The number of hydrogen-bond acceptors (Lipinski definition) is 5. The van der Waals surface area contributed by atoms with E-state index in [1.54, 1.807) is 6.07 Å². The molecule has 1 aromatic rings. The molecule has 3 N–H and O–H groups in total. The zero-order valence-electron chi connectivity index (χ0n) is 11.6. The fourth-order valence-corrected chi connectivity index (χ4v) is 3.22. The predicted molar refractivity (Wildman–Crippen MR) is 81.0 cm³/mol. The largest absolute Gasteiger partial charge is 0.356 e. The van der Waals surface area contributed by atoms with Crippen molar-refractivity contribution in [1.29, 1.82) is 0 Å². The maximum Gasteiger partial charge on any atom is 0.252 e. The van der Waals surface area contributed by atoms with E-state index in [0.717, 1.165) is 44.0 Å².